The van der Waals surface area contributed by atoms with Gasteiger partial charge in [-0.3, -0.25) is 4.79 Å². The fourth-order valence-corrected chi connectivity index (χ4v) is 2.10. The molecule has 0 atom stereocenters. The Morgan fingerprint density at radius 3 is 2.60 bits per heavy atom. The second-order valence-corrected chi connectivity index (χ2v) is 5.26. The summed E-state index contributed by atoms with van der Waals surface area (Å²) in [4.78, 5) is 20.8. The highest BCUT2D eigenvalue weighted by Crippen LogP contribution is 2.22. The summed E-state index contributed by atoms with van der Waals surface area (Å²) in [5.41, 5.74) is 1.95. The number of carbonyl (C=O) groups is 1. The maximum absolute atomic E-state index is 10.5. The van der Waals surface area contributed by atoms with Crippen LogP contribution < -0.4 is 4.90 Å². The topological polar surface area (TPSA) is 66.3 Å². The first-order valence-electron chi connectivity index (χ1n) is 6.07. The lowest BCUT2D eigenvalue weighted by atomic mass is 10.1. The van der Waals surface area contributed by atoms with E-state index in [1.807, 2.05) is 24.3 Å². The molecule has 5 nitrogen and oxygen atoms in total. The van der Waals surface area contributed by atoms with Crippen LogP contribution in [0.25, 0.3) is 11.1 Å². The van der Waals surface area contributed by atoms with E-state index in [2.05, 4.69) is 25.9 Å². The number of aromatic nitrogens is 2. The quantitative estimate of drug-likeness (QED) is 0.909. The number of carboxylic acid groups (broad SMARTS) is 1. The second kappa shape index (κ2) is 6.47. The van der Waals surface area contributed by atoms with Crippen molar-refractivity contribution in [2.24, 2.45) is 0 Å². The molecule has 0 unspecified atom stereocenters. The van der Waals surface area contributed by atoms with Crippen LogP contribution in [0.5, 0.6) is 0 Å². The van der Waals surface area contributed by atoms with Gasteiger partial charge in [-0.15, -0.1) is 0 Å². The van der Waals surface area contributed by atoms with Crippen molar-refractivity contribution >= 4 is 27.8 Å². The minimum atomic E-state index is -0.831. The van der Waals surface area contributed by atoms with Crippen LogP contribution >= 0.6 is 15.9 Å². The number of rotatable bonds is 5. The molecular formula is C14H14BrN3O2. The third-order valence-corrected chi connectivity index (χ3v) is 3.29. The molecule has 1 heterocycles. The van der Waals surface area contributed by atoms with Gasteiger partial charge in [0.1, 0.15) is 0 Å². The van der Waals surface area contributed by atoms with Gasteiger partial charge in [0, 0.05) is 36.0 Å². The summed E-state index contributed by atoms with van der Waals surface area (Å²) in [5.74, 6) is -0.312. The molecule has 20 heavy (non-hydrogen) atoms. The first kappa shape index (κ1) is 14.5. The van der Waals surface area contributed by atoms with Gasteiger partial charge in [0.2, 0.25) is 5.95 Å². The Balaban J connectivity index is 2.12. The van der Waals surface area contributed by atoms with Crippen molar-refractivity contribution < 1.29 is 9.90 Å². The number of hydrogen-bond donors (Lipinski definition) is 1. The molecule has 0 radical (unpaired) electrons. The Kier molecular flexibility index (Phi) is 4.68. The van der Waals surface area contributed by atoms with E-state index in [4.69, 9.17) is 5.11 Å². The SMILES string of the molecule is CN(CCC(=O)O)c1ncc(-c2cccc(Br)c2)cn1. The highest BCUT2D eigenvalue weighted by atomic mass is 79.9. The fraction of sp³-hybridized carbons (Fsp3) is 0.214. The molecule has 0 saturated heterocycles. The molecule has 1 aromatic carbocycles. The number of aliphatic carboxylic acids is 1. The lowest BCUT2D eigenvalue weighted by Crippen LogP contribution is -2.22. The molecule has 0 bridgehead atoms. The first-order chi connectivity index (χ1) is 9.56. The van der Waals surface area contributed by atoms with Crippen molar-refractivity contribution in [3.63, 3.8) is 0 Å². The van der Waals surface area contributed by atoms with Gasteiger partial charge < -0.3 is 10.0 Å². The molecule has 6 heteroatoms. The molecule has 0 fully saturated rings. The first-order valence-corrected chi connectivity index (χ1v) is 6.86. The van der Waals surface area contributed by atoms with Gasteiger partial charge in [-0.2, -0.15) is 0 Å². The van der Waals surface area contributed by atoms with Gasteiger partial charge in [0.15, 0.2) is 0 Å². The lowest BCUT2D eigenvalue weighted by Gasteiger charge is -2.15. The number of benzene rings is 1. The highest BCUT2D eigenvalue weighted by Gasteiger charge is 2.07. The third kappa shape index (κ3) is 3.77. The lowest BCUT2D eigenvalue weighted by molar-refractivity contribution is -0.136. The zero-order valence-corrected chi connectivity index (χ0v) is 12.5. The molecule has 0 amide bonds. The summed E-state index contributed by atoms with van der Waals surface area (Å²) in [6.45, 7) is 0.381. The maximum Gasteiger partial charge on any atom is 0.305 e. The normalized spacial score (nSPS) is 10.3. The van der Waals surface area contributed by atoms with Crippen LogP contribution in [0.1, 0.15) is 6.42 Å². The number of halogens is 1. The molecule has 1 N–H and O–H groups in total. The van der Waals surface area contributed by atoms with Crippen LogP contribution in [0.15, 0.2) is 41.1 Å². The Morgan fingerprint density at radius 1 is 1.30 bits per heavy atom. The largest absolute Gasteiger partial charge is 0.481 e. The summed E-state index contributed by atoms with van der Waals surface area (Å²) >= 11 is 3.43. The number of carboxylic acids is 1. The molecule has 0 aliphatic carbocycles. The number of anilines is 1. The Morgan fingerprint density at radius 2 is 2.00 bits per heavy atom. The smallest absolute Gasteiger partial charge is 0.305 e. The van der Waals surface area contributed by atoms with Crippen LogP contribution in [0.4, 0.5) is 5.95 Å². The molecular weight excluding hydrogens is 322 g/mol. The molecule has 0 aliphatic heterocycles. The average Bonchev–Trinajstić information content (AvgIpc) is 2.45. The summed E-state index contributed by atoms with van der Waals surface area (Å²) in [5, 5.41) is 8.66. The van der Waals surface area contributed by atoms with Crippen molar-refractivity contribution in [2.45, 2.75) is 6.42 Å². The summed E-state index contributed by atoms with van der Waals surface area (Å²) < 4.78 is 0.998. The predicted octanol–water partition coefficient (Wildman–Crippen LogP) is 2.82. The summed E-state index contributed by atoms with van der Waals surface area (Å²) in [7, 11) is 1.77. The third-order valence-electron chi connectivity index (χ3n) is 2.80. The fourth-order valence-electron chi connectivity index (χ4n) is 1.70. The van der Waals surface area contributed by atoms with Crippen molar-refractivity contribution in [3.05, 3.63) is 41.1 Å². The zero-order chi connectivity index (χ0) is 14.5. The molecule has 0 saturated carbocycles. The van der Waals surface area contributed by atoms with Crippen LogP contribution in [0, 0.1) is 0 Å². The van der Waals surface area contributed by atoms with E-state index in [0.29, 0.717) is 12.5 Å². The van der Waals surface area contributed by atoms with Gasteiger partial charge in [0.05, 0.1) is 6.42 Å². The Hall–Kier alpha value is -1.95. The van der Waals surface area contributed by atoms with E-state index >= 15 is 0 Å². The minimum Gasteiger partial charge on any atom is -0.481 e. The highest BCUT2D eigenvalue weighted by molar-refractivity contribution is 9.10. The van der Waals surface area contributed by atoms with Crippen LogP contribution in [-0.4, -0.2) is 34.6 Å². The predicted molar refractivity (Wildman–Crippen MR) is 80.7 cm³/mol. The Labute approximate surface area is 125 Å². The molecule has 2 rings (SSSR count). The Bertz CT molecular complexity index is 602. The van der Waals surface area contributed by atoms with Crippen molar-refractivity contribution in [2.75, 3.05) is 18.5 Å². The van der Waals surface area contributed by atoms with E-state index in [1.165, 1.54) is 0 Å². The summed E-state index contributed by atoms with van der Waals surface area (Å²) in [6.07, 6.45) is 3.54. The van der Waals surface area contributed by atoms with Crippen LogP contribution in [-0.2, 0) is 4.79 Å². The maximum atomic E-state index is 10.5. The molecule has 0 spiro atoms. The molecule has 104 valence electrons. The number of hydrogen-bond acceptors (Lipinski definition) is 4. The summed E-state index contributed by atoms with van der Waals surface area (Å²) in [6, 6.07) is 7.88. The van der Waals surface area contributed by atoms with E-state index in [0.717, 1.165) is 15.6 Å². The van der Waals surface area contributed by atoms with Gasteiger partial charge in [-0.1, -0.05) is 28.1 Å². The minimum absolute atomic E-state index is 0.0627. The zero-order valence-electron chi connectivity index (χ0n) is 11.0. The van der Waals surface area contributed by atoms with Crippen molar-refractivity contribution in [1.82, 2.24) is 9.97 Å². The molecule has 0 aliphatic rings. The average molecular weight is 336 g/mol. The van der Waals surface area contributed by atoms with Gasteiger partial charge in [0.25, 0.3) is 0 Å². The van der Waals surface area contributed by atoms with Gasteiger partial charge in [-0.05, 0) is 17.7 Å². The van der Waals surface area contributed by atoms with Crippen molar-refractivity contribution in [3.8, 4) is 11.1 Å². The second-order valence-electron chi connectivity index (χ2n) is 4.35. The van der Waals surface area contributed by atoms with E-state index in [1.54, 1.807) is 24.3 Å². The van der Waals surface area contributed by atoms with Crippen LogP contribution in [0.2, 0.25) is 0 Å². The monoisotopic (exact) mass is 335 g/mol. The number of nitrogens with zero attached hydrogens (tertiary/aromatic N) is 3. The van der Waals surface area contributed by atoms with E-state index in [-0.39, 0.29) is 6.42 Å². The van der Waals surface area contributed by atoms with Crippen LogP contribution in [0.3, 0.4) is 0 Å². The molecule has 2 aromatic rings. The van der Waals surface area contributed by atoms with E-state index < -0.39 is 5.97 Å². The molecule has 1 aromatic heterocycles. The van der Waals surface area contributed by atoms with Gasteiger partial charge in [-0.25, -0.2) is 9.97 Å². The van der Waals surface area contributed by atoms with Gasteiger partial charge >= 0.3 is 5.97 Å². The van der Waals surface area contributed by atoms with E-state index in [9.17, 15) is 4.79 Å². The standard InChI is InChI=1S/C14H14BrN3O2/c1-18(6-5-13(19)20)14-16-8-11(9-17-14)10-3-2-4-12(15)7-10/h2-4,7-9H,5-6H2,1H3,(H,19,20). The van der Waals surface area contributed by atoms with Crippen molar-refractivity contribution in [1.29, 1.82) is 0 Å².